The van der Waals surface area contributed by atoms with E-state index in [-0.39, 0.29) is 20.1 Å². The molecule has 0 aliphatic rings. The molecule has 6 rings (SSSR count). The van der Waals surface area contributed by atoms with E-state index in [1.807, 2.05) is 61.7 Å². The van der Waals surface area contributed by atoms with Crippen molar-refractivity contribution in [3.05, 3.63) is 120 Å². The van der Waals surface area contributed by atoms with Gasteiger partial charge in [0, 0.05) is 37.9 Å². The van der Waals surface area contributed by atoms with Crippen molar-refractivity contribution in [1.82, 2.24) is 9.97 Å². The predicted molar refractivity (Wildman–Crippen MR) is 139 cm³/mol. The number of nitrogens with zero attached hydrogens (tertiary/aromatic N) is 2. The standard InChI is InChI=1S/C18H12NO.C13H12N.Ir/c1-12-6-4-7-13-14-8-5-9-15(18(14)20-17(12)13)16-10-2-3-11-19-16;1-10-3-6-12(7-4-10)13-8-5-11(2)9-14-13;/h2-8,10-11H,1H3;3-6,8-9H,1-2H3;/q2*-1;. The molecule has 0 bridgehead atoms. The first-order valence-corrected chi connectivity index (χ1v) is 11.3. The second-order valence-electron chi connectivity index (χ2n) is 8.36. The summed E-state index contributed by atoms with van der Waals surface area (Å²) in [6.45, 7) is 6.16. The Balaban J connectivity index is 0.000000171. The Hall–Kier alpha value is -3.59. The van der Waals surface area contributed by atoms with Crippen LogP contribution in [-0.4, -0.2) is 9.97 Å². The fraction of sp³-hybridized carbons (Fsp3) is 0.0968. The minimum Gasteiger partial charge on any atom is -0.500 e. The monoisotopic (exact) mass is 633 g/mol. The van der Waals surface area contributed by atoms with Gasteiger partial charge in [-0.15, -0.1) is 53.6 Å². The van der Waals surface area contributed by atoms with Gasteiger partial charge in [-0.2, -0.15) is 0 Å². The summed E-state index contributed by atoms with van der Waals surface area (Å²) < 4.78 is 6.10. The number of aromatic nitrogens is 2. The Morgan fingerprint density at radius 2 is 1.51 bits per heavy atom. The number of aryl methyl sites for hydroxylation is 3. The molecular weight excluding hydrogens is 609 g/mol. The summed E-state index contributed by atoms with van der Waals surface area (Å²) in [6.07, 6.45) is 3.67. The largest absolute Gasteiger partial charge is 0.500 e. The maximum absolute atomic E-state index is 6.10. The van der Waals surface area contributed by atoms with Crippen molar-refractivity contribution in [2.75, 3.05) is 0 Å². The molecule has 4 heteroatoms. The SMILES string of the molecule is Cc1c[c-]c(-c2ccc(C)cn2)cc1.Cc1cccc2c1oc1c(-c3ccccn3)[c-]ccc12.[Ir]. The van der Waals surface area contributed by atoms with E-state index >= 15 is 0 Å². The van der Waals surface area contributed by atoms with Crippen molar-refractivity contribution in [3.63, 3.8) is 0 Å². The normalized spacial score (nSPS) is 10.5. The third kappa shape index (κ3) is 5.24. The predicted octanol–water partition coefficient (Wildman–Crippen LogP) is 7.92. The van der Waals surface area contributed by atoms with Gasteiger partial charge >= 0.3 is 0 Å². The first kappa shape index (κ1) is 24.5. The molecular formula is C31H24IrN2O-2. The number of pyridine rings is 2. The minimum absolute atomic E-state index is 0. The topological polar surface area (TPSA) is 38.9 Å². The molecule has 0 aliphatic heterocycles. The summed E-state index contributed by atoms with van der Waals surface area (Å²) in [5.41, 5.74) is 9.18. The first-order chi connectivity index (χ1) is 16.6. The van der Waals surface area contributed by atoms with E-state index in [4.69, 9.17) is 4.42 Å². The Bertz CT molecular complexity index is 1510. The van der Waals surface area contributed by atoms with E-state index in [1.54, 1.807) is 6.20 Å². The van der Waals surface area contributed by atoms with Gasteiger partial charge in [-0.1, -0.05) is 60.3 Å². The van der Waals surface area contributed by atoms with Gasteiger partial charge in [0.1, 0.15) is 5.58 Å². The number of hydrogen-bond donors (Lipinski definition) is 0. The van der Waals surface area contributed by atoms with Crippen LogP contribution in [0.25, 0.3) is 44.5 Å². The molecule has 0 saturated carbocycles. The average Bonchev–Trinajstić information content (AvgIpc) is 3.26. The van der Waals surface area contributed by atoms with E-state index in [9.17, 15) is 0 Å². The van der Waals surface area contributed by atoms with Crippen LogP contribution in [0.15, 0.2) is 95.7 Å². The summed E-state index contributed by atoms with van der Waals surface area (Å²) in [7, 11) is 0. The third-order valence-corrected chi connectivity index (χ3v) is 5.73. The van der Waals surface area contributed by atoms with E-state index in [1.165, 1.54) is 11.1 Å². The summed E-state index contributed by atoms with van der Waals surface area (Å²) in [4.78, 5) is 8.75. The van der Waals surface area contributed by atoms with Crippen LogP contribution in [0.4, 0.5) is 0 Å². The molecule has 0 aliphatic carbocycles. The molecule has 3 nitrogen and oxygen atoms in total. The molecule has 6 aromatic rings. The number of furan rings is 1. The molecule has 0 spiro atoms. The summed E-state index contributed by atoms with van der Waals surface area (Å²) >= 11 is 0. The van der Waals surface area contributed by atoms with Crippen LogP contribution in [0.5, 0.6) is 0 Å². The second kappa shape index (κ2) is 10.8. The smallest absolute Gasteiger partial charge is 0.123 e. The number of rotatable bonds is 2. The van der Waals surface area contributed by atoms with Crippen LogP contribution in [0, 0.1) is 32.9 Å². The Morgan fingerprint density at radius 1 is 0.686 bits per heavy atom. The van der Waals surface area contributed by atoms with Crippen LogP contribution in [0.1, 0.15) is 16.7 Å². The van der Waals surface area contributed by atoms with E-state index in [0.717, 1.165) is 50.0 Å². The van der Waals surface area contributed by atoms with Gasteiger partial charge in [0.25, 0.3) is 0 Å². The van der Waals surface area contributed by atoms with Crippen molar-refractivity contribution >= 4 is 21.9 Å². The third-order valence-electron chi connectivity index (χ3n) is 5.73. The molecule has 3 aromatic heterocycles. The van der Waals surface area contributed by atoms with Gasteiger partial charge in [-0.3, -0.25) is 0 Å². The molecule has 175 valence electrons. The molecule has 3 aromatic carbocycles. The average molecular weight is 633 g/mol. The Morgan fingerprint density at radius 3 is 2.23 bits per heavy atom. The van der Waals surface area contributed by atoms with Crippen molar-refractivity contribution in [3.8, 4) is 22.5 Å². The first-order valence-electron chi connectivity index (χ1n) is 11.3. The zero-order valence-electron chi connectivity index (χ0n) is 19.8. The summed E-state index contributed by atoms with van der Waals surface area (Å²) in [5, 5.41) is 2.26. The maximum atomic E-state index is 6.10. The Labute approximate surface area is 219 Å². The molecule has 0 fully saturated rings. The fourth-order valence-electron chi connectivity index (χ4n) is 3.89. The van der Waals surface area contributed by atoms with Crippen molar-refractivity contribution < 1.29 is 24.5 Å². The van der Waals surface area contributed by atoms with Crippen molar-refractivity contribution in [2.45, 2.75) is 20.8 Å². The van der Waals surface area contributed by atoms with Gasteiger partial charge in [0.2, 0.25) is 0 Å². The van der Waals surface area contributed by atoms with Gasteiger partial charge in [-0.05, 0) is 42.4 Å². The zero-order chi connectivity index (χ0) is 23.5. The molecule has 0 amide bonds. The van der Waals surface area contributed by atoms with Crippen LogP contribution < -0.4 is 0 Å². The van der Waals surface area contributed by atoms with Gasteiger partial charge in [0.05, 0.1) is 5.58 Å². The molecule has 0 atom stereocenters. The maximum Gasteiger partial charge on any atom is 0.123 e. The molecule has 3 heterocycles. The molecule has 0 unspecified atom stereocenters. The van der Waals surface area contributed by atoms with E-state index in [0.29, 0.717) is 0 Å². The van der Waals surface area contributed by atoms with Crippen LogP contribution in [0.2, 0.25) is 0 Å². The van der Waals surface area contributed by atoms with Crippen molar-refractivity contribution in [1.29, 1.82) is 0 Å². The number of benzene rings is 3. The van der Waals surface area contributed by atoms with Crippen LogP contribution >= 0.6 is 0 Å². The molecule has 1 radical (unpaired) electrons. The summed E-state index contributed by atoms with van der Waals surface area (Å²) in [5.74, 6) is 0. The summed E-state index contributed by atoms with van der Waals surface area (Å²) in [6, 6.07) is 32.7. The van der Waals surface area contributed by atoms with Crippen LogP contribution in [0.3, 0.4) is 0 Å². The van der Waals surface area contributed by atoms with Crippen LogP contribution in [-0.2, 0) is 20.1 Å². The van der Waals surface area contributed by atoms with Crippen molar-refractivity contribution in [2.24, 2.45) is 0 Å². The Kier molecular flexibility index (Phi) is 7.55. The van der Waals surface area contributed by atoms with Gasteiger partial charge in [-0.25, -0.2) is 0 Å². The minimum atomic E-state index is 0. The molecule has 35 heavy (non-hydrogen) atoms. The molecule has 0 saturated heterocycles. The van der Waals surface area contributed by atoms with E-state index in [2.05, 4.69) is 66.3 Å². The molecule has 0 N–H and O–H groups in total. The fourth-order valence-corrected chi connectivity index (χ4v) is 3.89. The van der Waals surface area contributed by atoms with Gasteiger partial charge in [0.15, 0.2) is 0 Å². The quantitative estimate of drug-likeness (QED) is 0.182. The second-order valence-corrected chi connectivity index (χ2v) is 8.36. The van der Waals surface area contributed by atoms with E-state index < -0.39 is 0 Å². The zero-order valence-corrected chi connectivity index (χ0v) is 22.2. The number of hydrogen-bond acceptors (Lipinski definition) is 3. The number of para-hydroxylation sites is 1. The van der Waals surface area contributed by atoms with Gasteiger partial charge < -0.3 is 14.4 Å². The number of fused-ring (bicyclic) bond motifs is 3.